The number of nitrogens with zero attached hydrogens (tertiary/aromatic N) is 2. The van der Waals surface area contributed by atoms with Gasteiger partial charge in [-0.2, -0.15) is 0 Å². The third-order valence-electron chi connectivity index (χ3n) is 13.3. The van der Waals surface area contributed by atoms with Crippen molar-refractivity contribution in [2.24, 2.45) is 23.2 Å². The van der Waals surface area contributed by atoms with Crippen molar-refractivity contribution in [3.8, 4) is 0 Å². The lowest BCUT2D eigenvalue weighted by Gasteiger charge is -2.40. The van der Waals surface area contributed by atoms with Crippen molar-refractivity contribution in [2.45, 2.75) is 160 Å². The molecule has 298 valence electrons. The van der Waals surface area contributed by atoms with Crippen molar-refractivity contribution in [3.63, 3.8) is 0 Å². The first-order valence-electron chi connectivity index (χ1n) is 20.8. The van der Waals surface area contributed by atoms with Crippen molar-refractivity contribution >= 4 is 39.6 Å². The lowest BCUT2D eigenvalue weighted by atomic mass is 9.83. The van der Waals surface area contributed by atoms with E-state index in [4.69, 9.17) is 0 Å². The van der Waals surface area contributed by atoms with E-state index in [1.165, 1.54) is 0 Å². The third kappa shape index (κ3) is 9.74. The molecular weight excluding hydrogens is 697 g/mol. The van der Waals surface area contributed by atoms with Crippen LogP contribution >= 0.6 is 0 Å². The molecule has 0 bridgehead atoms. The summed E-state index contributed by atoms with van der Waals surface area (Å²) in [5.74, 6) is -1.83. The number of amides is 5. The topological polar surface area (TPSA) is 174 Å². The molecule has 6 aliphatic rings. The predicted octanol–water partition coefficient (Wildman–Crippen LogP) is 3.76. The van der Waals surface area contributed by atoms with Gasteiger partial charge >= 0.3 is 6.03 Å². The van der Waals surface area contributed by atoms with Gasteiger partial charge in [-0.3, -0.25) is 19.2 Å². The molecule has 0 aromatic carbocycles. The van der Waals surface area contributed by atoms with E-state index in [1.54, 1.807) is 9.21 Å². The number of Topliss-reactive ketones (excluding diaryl/α,β-unsaturated/α-hetero) is 1. The first-order chi connectivity index (χ1) is 25.3. The van der Waals surface area contributed by atoms with Crippen LogP contribution in [-0.4, -0.2) is 103 Å². The highest BCUT2D eigenvalue weighted by Gasteiger charge is 2.69. The minimum absolute atomic E-state index is 0.0975. The summed E-state index contributed by atoms with van der Waals surface area (Å²) < 4.78 is 28.8. The molecule has 0 aromatic rings. The smallest absolute Gasteiger partial charge is 0.315 e. The number of carbonyl (C=O) groups is 5. The summed E-state index contributed by atoms with van der Waals surface area (Å²) in [5.41, 5.74) is -1.09. The summed E-state index contributed by atoms with van der Waals surface area (Å²) in [7, 11) is -3.60. The Morgan fingerprint density at radius 3 is 2.08 bits per heavy atom. The lowest BCUT2D eigenvalue weighted by molar-refractivity contribution is -0.144. The predicted molar refractivity (Wildman–Crippen MR) is 201 cm³/mol. The monoisotopic (exact) mass is 760 g/mol. The second-order valence-corrected chi connectivity index (χ2v) is 19.7. The van der Waals surface area contributed by atoms with Gasteiger partial charge in [0, 0.05) is 26.2 Å². The average Bonchev–Trinajstić information content (AvgIpc) is 3.99. The van der Waals surface area contributed by atoms with Crippen LogP contribution in [0.2, 0.25) is 0 Å². The quantitative estimate of drug-likeness (QED) is 0.259. The van der Waals surface area contributed by atoms with Crippen LogP contribution in [-0.2, 0) is 29.2 Å². The molecule has 6 rings (SSSR count). The Hall–Kier alpha value is -2.74. The van der Waals surface area contributed by atoms with E-state index < -0.39 is 57.3 Å². The van der Waals surface area contributed by atoms with Crippen LogP contribution in [0.3, 0.4) is 0 Å². The van der Waals surface area contributed by atoms with Crippen molar-refractivity contribution in [1.29, 1.82) is 0 Å². The first kappa shape index (κ1) is 39.9. The summed E-state index contributed by atoms with van der Waals surface area (Å²) in [4.78, 5) is 70.6. The van der Waals surface area contributed by atoms with Crippen LogP contribution in [0.15, 0.2) is 0 Å². The van der Waals surface area contributed by atoms with Crippen LogP contribution in [0.4, 0.5) is 4.79 Å². The highest BCUT2D eigenvalue weighted by molar-refractivity contribution is 7.89. The maximum absolute atomic E-state index is 14.5. The summed E-state index contributed by atoms with van der Waals surface area (Å²) in [6.07, 6.45) is 15.4. The first-order valence-corrected chi connectivity index (χ1v) is 22.4. The number of hydrogen-bond donors (Lipinski definition) is 4. The van der Waals surface area contributed by atoms with Gasteiger partial charge in [-0.15, -0.1) is 0 Å². The molecule has 0 radical (unpaired) electrons. The largest absolute Gasteiger partial charge is 0.349 e. The molecule has 3 heterocycles. The van der Waals surface area contributed by atoms with Crippen LogP contribution in [0.5, 0.6) is 0 Å². The van der Waals surface area contributed by atoms with Crippen LogP contribution in [0.25, 0.3) is 0 Å². The van der Waals surface area contributed by atoms with Crippen molar-refractivity contribution < 1.29 is 32.4 Å². The van der Waals surface area contributed by atoms with E-state index in [2.05, 4.69) is 35.1 Å². The third-order valence-corrected chi connectivity index (χ3v) is 15.4. The lowest BCUT2D eigenvalue weighted by Crippen LogP contribution is -2.62. The minimum Gasteiger partial charge on any atom is -0.349 e. The second kappa shape index (κ2) is 17.0. The number of rotatable bonds is 9. The SMILES string of the molecule is CC1(C)[C@@H]2[C@H]3C(=O)N[C@@H](C(=O)C(=O)NCC4CC4)CCCCCCCCC[C@@H](NC(=O)NC4(CS(=O)(=O)N5CCCCC5)CCCCC4)C(=O)N3C[C@@H]21. The summed E-state index contributed by atoms with van der Waals surface area (Å²) in [5, 5.41) is 11.7. The Kier molecular flexibility index (Phi) is 12.8. The molecule has 3 aliphatic heterocycles. The zero-order valence-corrected chi connectivity index (χ0v) is 32.9. The maximum atomic E-state index is 14.5. The highest BCUT2D eigenvalue weighted by Crippen LogP contribution is 2.65. The molecule has 6 fully saturated rings. The summed E-state index contributed by atoms with van der Waals surface area (Å²) in [6, 6.07) is -3.25. The molecule has 0 aromatic heterocycles. The van der Waals surface area contributed by atoms with Gasteiger partial charge in [-0.25, -0.2) is 17.5 Å². The number of carbonyl (C=O) groups excluding carboxylic acids is 5. The normalized spacial score (nSPS) is 31.4. The Balaban J connectivity index is 1.19. The molecule has 5 atom stereocenters. The fourth-order valence-electron chi connectivity index (χ4n) is 9.73. The van der Waals surface area contributed by atoms with E-state index in [9.17, 15) is 32.4 Å². The van der Waals surface area contributed by atoms with E-state index in [0.29, 0.717) is 64.2 Å². The van der Waals surface area contributed by atoms with Crippen molar-refractivity contribution in [3.05, 3.63) is 0 Å². The molecule has 5 amide bonds. The van der Waals surface area contributed by atoms with E-state index in [1.807, 2.05) is 0 Å². The van der Waals surface area contributed by atoms with Crippen molar-refractivity contribution in [1.82, 2.24) is 30.5 Å². The molecule has 3 saturated carbocycles. The van der Waals surface area contributed by atoms with Gasteiger partial charge in [-0.05, 0) is 74.5 Å². The second-order valence-electron chi connectivity index (χ2n) is 17.7. The van der Waals surface area contributed by atoms with Gasteiger partial charge < -0.3 is 26.2 Å². The highest BCUT2D eigenvalue weighted by atomic mass is 32.2. The Morgan fingerprint density at radius 2 is 1.42 bits per heavy atom. The van der Waals surface area contributed by atoms with Crippen LogP contribution in [0.1, 0.15) is 136 Å². The molecule has 0 unspecified atom stereocenters. The fraction of sp³-hybridized carbons (Fsp3) is 0.872. The van der Waals surface area contributed by atoms with Gasteiger partial charge in [0.1, 0.15) is 12.1 Å². The zero-order valence-electron chi connectivity index (χ0n) is 32.1. The Morgan fingerprint density at radius 1 is 0.811 bits per heavy atom. The molecule has 14 heteroatoms. The minimum atomic E-state index is -3.60. The molecule has 0 spiro atoms. The zero-order chi connectivity index (χ0) is 37.8. The molecule has 3 saturated heterocycles. The molecular formula is C39H64N6O7S. The van der Waals surface area contributed by atoms with Gasteiger partial charge in [0.25, 0.3) is 5.91 Å². The van der Waals surface area contributed by atoms with E-state index in [-0.39, 0.29) is 28.9 Å². The number of piperidine rings is 2. The van der Waals surface area contributed by atoms with Gasteiger partial charge in [0.2, 0.25) is 27.6 Å². The molecule has 4 N–H and O–H groups in total. The number of nitrogens with one attached hydrogen (secondary N) is 4. The number of sulfonamides is 1. The number of urea groups is 1. The van der Waals surface area contributed by atoms with Crippen molar-refractivity contribution in [2.75, 3.05) is 31.9 Å². The average molecular weight is 761 g/mol. The summed E-state index contributed by atoms with van der Waals surface area (Å²) in [6.45, 7) is 6.03. The van der Waals surface area contributed by atoms with E-state index >= 15 is 0 Å². The van der Waals surface area contributed by atoms with Crippen LogP contribution in [0, 0.1) is 23.2 Å². The van der Waals surface area contributed by atoms with Crippen LogP contribution < -0.4 is 21.3 Å². The van der Waals surface area contributed by atoms with Gasteiger partial charge in [-0.1, -0.05) is 84.5 Å². The number of ketones is 1. The molecule has 13 nitrogen and oxygen atoms in total. The molecule has 3 aliphatic carbocycles. The Bertz CT molecular complexity index is 1470. The van der Waals surface area contributed by atoms with E-state index in [0.717, 1.165) is 89.9 Å². The standard InChI is InChI=1S/C39H64N6O7S/c1-38(2)28-25-45-32(31(28)38)34(47)41-29(33(46)35(48)40-24-27-18-19-27)16-10-6-4-3-5-7-11-17-30(36(45)49)42-37(50)43-39(20-12-8-13-21-39)26-53(51,52)44-22-14-9-15-23-44/h27-32H,3-26H2,1-2H3,(H,40,48)(H,41,47)(H2,42,43,50)/t28-,29+,30+,31-,32-/m0/s1. The Labute approximate surface area is 316 Å². The number of hydrogen-bond acceptors (Lipinski definition) is 7. The maximum Gasteiger partial charge on any atom is 0.315 e. The number of fused-ring (bicyclic) bond motifs is 3. The van der Waals surface area contributed by atoms with Gasteiger partial charge in [0.15, 0.2) is 0 Å². The fourth-order valence-corrected chi connectivity index (χ4v) is 11.8. The summed E-state index contributed by atoms with van der Waals surface area (Å²) >= 11 is 0. The van der Waals surface area contributed by atoms with Gasteiger partial charge in [0.05, 0.1) is 17.3 Å². The molecule has 53 heavy (non-hydrogen) atoms.